The molecule has 1 aromatic heterocycles. The van der Waals surface area contributed by atoms with Crippen molar-refractivity contribution < 1.29 is 14.6 Å². The van der Waals surface area contributed by atoms with Gasteiger partial charge in [-0.25, -0.2) is 9.97 Å². The number of rotatable bonds is 5. The zero-order chi connectivity index (χ0) is 18.9. The second-order valence-electron chi connectivity index (χ2n) is 8.64. The molecule has 0 unspecified atom stereocenters. The van der Waals surface area contributed by atoms with Gasteiger partial charge in [0.05, 0.1) is 24.5 Å². The number of hydrogen-bond acceptors (Lipinski definition) is 6. The summed E-state index contributed by atoms with van der Waals surface area (Å²) in [5, 5.41) is 9.46. The smallest absolute Gasteiger partial charge is 0.224 e. The fraction of sp³-hybridized carbons (Fsp3) is 0.727. The van der Waals surface area contributed by atoms with Gasteiger partial charge in [-0.3, -0.25) is 4.90 Å². The summed E-state index contributed by atoms with van der Waals surface area (Å²) in [6.07, 6.45) is 10.5. The molecule has 1 saturated heterocycles. The van der Waals surface area contributed by atoms with Crippen LogP contribution in [0, 0.1) is 5.92 Å². The van der Waals surface area contributed by atoms with Gasteiger partial charge in [-0.1, -0.05) is 5.57 Å². The lowest BCUT2D eigenvalue weighted by molar-refractivity contribution is -0.00143. The van der Waals surface area contributed by atoms with Crippen molar-refractivity contribution >= 4 is 5.57 Å². The van der Waals surface area contributed by atoms with Gasteiger partial charge in [-0.15, -0.1) is 0 Å². The standard InChI is InChI=1S/C22H31N3O3/c26-10-7-15-1-2-16-13-19-21(20(15)16)22(24-14-23-19)28-18-5-3-17(4-6-18)25-8-11-27-12-9-25/h14-15,17-18,26H,1-13H2/t15-,17?,18?/m1/s1. The quantitative estimate of drug-likeness (QED) is 0.840. The minimum Gasteiger partial charge on any atom is -0.474 e. The van der Waals surface area contributed by atoms with E-state index in [4.69, 9.17) is 9.47 Å². The summed E-state index contributed by atoms with van der Waals surface area (Å²) in [5.74, 6) is 1.22. The lowest BCUT2D eigenvalue weighted by Crippen LogP contribution is -2.46. The highest BCUT2D eigenvalue weighted by Gasteiger charge is 2.37. The van der Waals surface area contributed by atoms with Crippen LogP contribution in [-0.2, 0) is 11.2 Å². The number of aromatic nitrogens is 2. The lowest BCUT2D eigenvalue weighted by atomic mass is 9.91. The van der Waals surface area contributed by atoms with E-state index in [9.17, 15) is 5.11 Å². The van der Waals surface area contributed by atoms with E-state index in [0.29, 0.717) is 12.0 Å². The van der Waals surface area contributed by atoms with Crippen LogP contribution in [0.4, 0.5) is 0 Å². The Morgan fingerprint density at radius 1 is 1.11 bits per heavy atom. The molecule has 3 aliphatic carbocycles. The monoisotopic (exact) mass is 385 g/mol. The van der Waals surface area contributed by atoms with Crippen molar-refractivity contribution in [3.05, 3.63) is 23.2 Å². The molecule has 6 nitrogen and oxygen atoms in total. The van der Waals surface area contributed by atoms with Crippen molar-refractivity contribution in [3.8, 4) is 5.88 Å². The first kappa shape index (κ1) is 18.5. The fourth-order valence-electron chi connectivity index (χ4n) is 5.65. The van der Waals surface area contributed by atoms with Crippen molar-refractivity contribution in [1.82, 2.24) is 14.9 Å². The average molecular weight is 386 g/mol. The Morgan fingerprint density at radius 2 is 1.93 bits per heavy atom. The number of nitrogens with zero attached hydrogens (tertiary/aromatic N) is 3. The van der Waals surface area contributed by atoms with Crippen molar-refractivity contribution in [2.75, 3.05) is 32.9 Å². The van der Waals surface area contributed by atoms with Crippen molar-refractivity contribution in [1.29, 1.82) is 0 Å². The van der Waals surface area contributed by atoms with Crippen LogP contribution in [0.15, 0.2) is 11.9 Å². The van der Waals surface area contributed by atoms with Gasteiger partial charge < -0.3 is 14.6 Å². The highest BCUT2D eigenvalue weighted by molar-refractivity contribution is 5.81. The molecular formula is C22H31N3O3. The highest BCUT2D eigenvalue weighted by Crippen LogP contribution is 2.49. The number of morpholine rings is 1. The van der Waals surface area contributed by atoms with Crippen LogP contribution >= 0.6 is 0 Å². The molecule has 5 rings (SSSR count). The molecule has 0 radical (unpaired) electrons. The zero-order valence-electron chi connectivity index (χ0n) is 16.6. The predicted octanol–water partition coefficient (Wildman–Crippen LogP) is 2.60. The maximum Gasteiger partial charge on any atom is 0.224 e. The van der Waals surface area contributed by atoms with E-state index in [1.807, 2.05) is 0 Å². The third kappa shape index (κ3) is 3.46. The molecule has 1 aromatic rings. The topological polar surface area (TPSA) is 67.7 Å². The highest BCUT2D eigenvalue weighted by atomic mass is 16.5. The SMILES string of the molecule is OCC[C@H]1CCC2=C1c1c(ncnc1OC1CCC(N3CCOCC3)CC1)C2. The van der Waals surface area contributed by atoms with Gasteiger partial charge in [0.1, 0.15) is 12.4 Å². The van der Waals surface area contributed by atoms with Gasteiger partial charge in [-0.05, 0) is 56.4 Å². The molecule has 2 heterocycles. The normalized spacial score (nSPS) is 30.4. The van der Waals surface area contributed by atoms with Crippen LogP contribution in [-0.4, -0.2) is 65.0 Å². The molecule has 1 atom stereocenters. The first-order valence-electron chi connectivity index (χ1n) is 11.0. The number of aliphatic hydroxyl groups is 1. The third-order valence-electron chi connectivity index (χ3n) is 7.09. The molecule has 2 fully saturated rings. The van der Waals surface area contributed by atoms with Crippen LogP contribution in [0.3, 0.4) is 0 Å². The Balaban J connectivity index is 1.27. The molecule has 4 aliphatic rings. The summed E-state index contributed by atoms with van der Waals surface area (Å²) in [7, 11) is 0. The molecule has 0 bridgehead atoms. The van der Waals surface area contributed by atoms with Crippen LogP contribution in [0.25, 0.3) is 5.57 Å². The number of aliphatic hydroxyl groups excluding tert-OH is 1. The fourth-order valence-corrected chi connectivity index (χ4v) is 5.65. The van der Waals surface area contributed by atoms with Gasteiger partial charge in [-0.2, -0.15) is 0 Å². The van der Waals surface area contributed by atoms with E-state index in [2.05, 4.69) is 14.9 Å². The Kier molecular flexibility index (Phi) is 5.35. The molecule has 28 heavy (non-hydrogen) atoms. The molecular weight excluding hydrogens is 354 g/mol. The van der Waals surface area contributed by atoms with Gasteiger partial charge in [0.25, 0.3) is 0 Å². The molecule has 0 spiro atoms. The number of ether oxygens (including phenoxy) is 2. The first-order chi connectivity index (χ1) is 13.8. The molecule has 152 valence electrons. The second kappa shape index (κ2) is 8.09. The average Bonchev–Trinajstić information content (AvgIpc) is 3.30. The minimum absolute atomic E-state index is 0.242. The minimum atomic E-state index is 0.242. The van der Waals surface area contributed by atoms with E-state index in [1.54, 1.807) is 6.33 Å². The summed E-state index contributed by atoms with van der Waals surface area (Å²) in [6.45, 7) is 4.12. The van der Waals surface area contributed by atoms with Crippen LogP contribution in [0.1, 0.15) is 56.2 Å². The van der Waals surface area contributed by atoms with Crippen molar-refractivity contribution in [3.63, 3.8) is 0 Å². The summed E-state index contributed by atoms with van der Waals surface area (Å²) in [6, 6.07) is 0.679. The van der Waals surface area contributed by atoms with Gasteiger partial charge in [0.2, 0.25) is 5.88 Å². The predicted molar refractivity (Wildman–Crippen MR) is 106 cm³/mol. The molecule has 1 saturated carbocycles. The summed E-state index contributed by atoms with van der Waals surface area (Å²) >= 11 is 0. The van der Waals surface area contributed by atoms with Gasteiger partial charge in [0, 0.05) is 32.2 Å². The van der Waals surface area contributed by atoms with Crippen LogP contribution < -0.4 is 4.74 Å². The van der Waals surface area contributed by atoms with Gasteiger partial charge in [0.15, 0.2) is 0 Å². The Bertz CT molecular complexity index is 737. The molecule has 0 amide bonds. The van der Waals surface area contributed by atoms with Crippen molar-refractivity contribution in [2.24, 2.45) is 5.92 Å². The number of hydrogen-bond donors (Lipinski definition) is 1. The molecule has 6 heteroatoms. The maximum atomic E-state index is 9.46. The largest absolute Gasteiger partial charge is 0.474 e. The van der Waals surface area contributed by atoms with Gasteiger partial charge >= 0.3 is 0 Å². The second-order valence-corrected chi connectivity index (χ2v) is 8.64. The summed E-state index contributed by atoms with van der Waals surface area (Å²) in [5.41, 5.74) is 5.17. The molecule has 1 N–H and O–H groups in total. The summed E-state index contributed by atoms with van der Waals surface area (Å²) in [4.78, 5) is 11.7. The zero-order valence-corrected chi connectivity index (χ0v) is 16.6. The van der Waals surface area contributed by atoms with Crippen LogP contribution in [0.2, 0.25) is 0 Å². The van der Waals surface area contributed by atoms with Crippen LogP contribution in [0.5, 0.6) is 5.88 Å². The van der Waals surface area contributed by atoms with E-state index in [0.717, 1.165) is 82.0 Å². The number of fused-ring (bicyclic) bond motifs is 2. The summed E-state index contributed by atoms with van der Waals surface area (Å²) < 4.78 is 12.0. The Morgan fingerprint density at radius 3 is 2.71 bits per heavy atom. The Hall–Kier alpha value is -1.50. The van der Waals surface area contributed by atoms with Crippen molar-refractivity contribution in [2.45, 2.75) is 63.5 Å². The Labute approximate surface area is 167 Å². The van der Waals surface area contributed by atoms with E-state index >= 15 is 0 Å². The first-order valence-corrected chi connectivity index (χ1v) is 11.0. The number of allylic oxidation sites excluding steroid dienone is 2. The van der Waals surface area contributed by atoms with E-state index in [1.165, 1.54) is 24.0 Å². The van der Waals surface area contributed by atoms with E-state index < -0.39 is 0 Å². The molecule has 1 aliphatic heterocycles. The third-order valence-corrected chi connectivity index (χ3v) is 7.09. The lowest BCUT2D eigenvalue weighted by Gasteiger charge is -2.38. The maximum absolute atomic E-state index is 9.46. The van der Waals surface area contributed by atoms with E-state index in [-0.39, 0.29) is 12.7 Å². The molecule has 0 aromatic carbocycles.